The van der Waals surface area contributed by atoms with E-state index in [2.05, 4.69) is 20.8 Å². The largest absolute Gasteiger partial charge is 0.497 e. The highest BCUT2D eigenvalue weighted by atomic mass is 35.5. The van der Waals surface area contributed by atoms with Crippen molar-refractivity contribution in [1.82, 2.24) is 15.5 Å². The fourth-order valence-corrected chi connectivity index (χ4v) is 2.59. The molecular formula is C20H19ClN4O2. The number of hydrogen-bond donors (Lipinski definition) is 2. The molecule has 1 aromatic heterocycles. The van der Waals surface area contributed by atoms with Gasteiger partial charge in [-0.2, -0.15) is 0 Å². The molecule has 2 N–H and O–H groups in total. The van der Waals surface area contributed by atoms with E-state index in [1.54, 1.807) is 19.2 Å². The van der Waals surface area contributed by atoms with Gasteiger partial charge >= 0.3 is 0 Å². The molecule has 6 nitrogen and oxygen atoms in total. The molecule has 0 saturated heterocycles. The SMILES string of the molecule is COc1ccc(CNC(=O)c2ccc(NCc3ccccc3Cl)nn2)cc1. The minimum Gasteiger partial charge on any atom is -0.497 e. The molecule has 0 fully saturated rings. The van der Waals surface area contributed by atoms with Crippen LogP contribution in [0.3, 0.4) is 0 Å². The van der Waals surface area contributed by atoms with Crippen molar-refractivity contribution in [2.45, 2.75) is 13.1 Å². The zero-order chi connectivity index (χ0) is 19.1. The molecule has 0 aliphatic carbocycles. The number of nitrogens with zero attached hydrogens (tertiary/aromatic N) is 2. The quantitative estimate of drug-likeness (QED) is 0.651. The number of ether oxygens (including phenoxy) is 1. The molecule has 0 saturated carbocycles. The first-order valence-electron chi connectivity index (χ1n) is 8.38. The summed E-state index contributed by atoms with van der Waals surface area (Å²) in [5.74, 6) is 1.06. The lowest BCUT2D eigenvalue weighted by molar-refractivity contribution is 0.0945. The highest BCUT2D eigenvalue weighted by molar-refractivity contribution is 6.31. The van der Waals surface area contributed by atoms with E-state index in [1.165, 1.54) is 0 Å². The number of carbonyl (C=O) groups excluding carboxylic acids is 1. The molecule has 0 bridgehead atoms. The van der Waals surface area contributed by atoms with Crippen LogP contribution in [-0.4, -0.2) is 23.2 Å². The monoisotopic (exact) mass is 382 g/mol. The average molecular weight is 383 g/mol. The van der Waals surface area contributed by atoms with E-state index >= 15 is 0 Å². The summed E-state index contributed by atoms with van der Waals surface area (Å²) >= 11 is 6.12. The van der Waals surface area contributed by atoms with Gasteiger partial charge in [0, 0.05) is 18.1 Å². The van der Waals surface area contributed by atoms with E-state index < -0.39 is 0 Å². The summed E-state index contributed by atoms with van der Waals surface area (Å²) in [5, 5.41) is 14.7. The first-order chi connectivity index (χ1) is 13.2. The molecule has 0 aliphatic rings. The standard InChI is InChI=1S/C20H19ClN4O2/c1-27-16-8-6-14(7-9-16)12-23-20(26)18-10-11-19(25-24-18)22-13-15-4-2-3-5-17(15)21/h2-11H,12-13H2,1H3,(H,22,25)(H,23,26). The molecule has 3 rings (SSSR count). The summed E-state index contributed by atoms with van der Waals surface area (Å²) in [6.07, 6.45) is 0. The third-order valence-electron chi connectivity index (χ3n) is 3.93. The Kier molecular flexibility index (Phi) is 6.22. The normalized spacial score (nSPS) is 10.3. The average Bonchev–Trinajstić information content (AvgIpc) is 2.72. The lowest BCUT2D eigenvalue weighted by Gasteiger charge is -2.08. The fourth-order valence-electron chi connectivity index (χ4n) is 2.39. The molecule has 0 atom stereocenters. The van der Waals surface area contributed by atoms with Gasteiger partial charge in [0.05, 0.1) is 7.11 Å². The summed E-state index contributed by atoms with van der Waals surface area (Å²) in [7, 11) is 1.61. The molecule has 0 unspecified atom stereocenters. The highest BCUT2D eigenvalue weighted by Gasteiger charge is 2.08. The van der Waals surface area contributed by atoms with Gasteiger partial charge in [-0.1, -0.05) is 41.9 Å². The van der Waals surface area contributed by atoms with Gasteiger partial charge < -0.3 is 15.4 Å². The van der Waals surface area contributed by atoms with Crippen molar-refractivity contribution in [3.05, 3.63) is 82.5 Å². The molecular weight excluding hydrogens is 364 g/mol. The van der Waals surface area contributed by atoms with Crippen molar-refractivity contribution in [1.29, 1.82) is 0 Å². The molecule has 1 amide bonds. The molecule has 0 radical (unpaired) electrons. The zero-order valence-corrected chi connectivity index (χ0v) is 15.5. The van der Waals surface area contributed by atoms with Crippen LogP contribution in [-0.2, 0) is 13.1 Å². The van der Waals surface area contributed by atoms with Gasteiger partial charge in [-0.25, -0.2) is 0 Å². The van der Waals surface area contributed by atoms with Crippen LogP contribution in [0, 0.1) is 0 Å². The van der Waals surface area contributed by atoms with Crippen molar-refractivity contribution >= 4 is 23.3 Å². The number of hydrogen-bond acceptors (Lipinski definition) is 5. The Balaban J connectivity index is 1.52. The summed E-state index contributed by atoms with van der Waals surface area (Å²) < 4.78 is 5.11. The third kappa shape index (κ3) is 5.18. The van der Waals surface area contributed by atoms with E-state index in [0.717, 1.165) is 16.9 Å². The number of amides is 1. The maximum Gasteiger partial charge on any atom is 0.272 e. The van der Waals surface area contributed by atoms with E-state index in [-0.39, 0.29) is 11.6 Å². The fraction of sp³-hybridized carbons (Fsp3) is 0.150. The smallest absolute Gasteiger partial charge is 0.272 e. The molecule has 1 heterocycles. The summed E-state index contributed by atoms with van der Waals surface area (Å²) in [4.78, 5) is 12.2. The van der Waals surface area contributed by atoms with Crippen LogP contribution in [0.25, 0.3) is 0 Å². The Morgan fingerprint density at radius 1 is 1.00 bits per heavy atom. The zero-order valence-electron chi connectivity index (χ0n) is 14.8. The maximum atomic E-state index is 12.2. The number of aromatic nitrogens is 2. The molecule has 3 aromatic rings. The van der Waals surface area contributed by atoms with Gasteiger partial charge in [-0.15, -0.1) is 10.2 Å². The number of rotatable bonds is 7. The van der Waals surface area contributed by atoms with E-state index in [1.807, 2.05) is 48.5 Å². The van der Waals surface area contributed by atoms with Gasteiger partial charge in [-0.3, -0.25) is 4.79 Å². The Hall–Kier alpha value is -3.12. The van der Waals surface area contributed by atoms with Crippen LogP contribution >= 0.6 is 11.6 Å². The van der Waals surface area contributed by atoms with Gasteiger partial charge in [0.2, 0.25) is 0 Å². The van der Waals surface area contributed by atoms with Gasteiger partial charge in [0.25, 0.3) is 5.91 Å². The first-order valence-corrected chi connectivity index (χ1v) is 8.75. The number of benzene rings is 2. The summed E-state index contributed by atoms with van der Waals surface area (Å²) in [6.45, 7) is 0.925. The van der Waals surface area contributed by atoms with Gasteiger partial charge in [-0.05, 0) is 41.5 Å². The Labute approximate surface area is 162 Å². The van der Waals surface area contributed by atoms with Crippen molar-refractivity contribution < 1.29 is 9.53 Å². The number of anilines is 1. The minimum absolute atomic E-state index is 0.256. The maximum absolute atomic E-state index is 12.2. The number of methoxy groups -OCH3 is 1. The first kappa shape index (κ1) is 18.7. The predicted octanol–water partition coefficient (Wildman–Crippen LogP) is 3.68. The van der Waals surface area contributed by atoms with Gasteiger partial charge in [0.1, 0.15) is 11.6 Å². The van der Waals surface area contributed by atoms with E-state index in [4.69, 9.17) is 16.3 Å². The number of nitrogens with one attached hydrogen (secondary N) is 2. The lowest BCUT2D eigenvalue weighted by atomic mass is 10.2. The molecule has 27 heavy (non-hydrogen) atoms. The van der Waals surface area contributed by atoms with Crippen LogP contribution in [0.15, 0.2) is 60.7 Å². The summed E-state index contributed by atoms with van der Waals surface area (Å²) in [6, 6.07) is 18.4. The molecule has 0 aliphatic heterocycles. The Bertz CT molecular complexity index is 899. The van der Waals surface area contributed by atoms with Crippen molar-refractivity contribution in [3.8, 4) is 5.75 Å². The van der Waals surface area contributed by atoms with Crippen LogP contribution in [0.1, 0.15) is 21.6 Å². The van der Waals surface area contributed by atoms with Crippen molar-refractivity contribution in [3.63, 3.8) is 0 Å². The van der Waals surface area contributed by atoms with Crippen LogP contribution in [0.5, 0.6) is 5.75 Å². The Morgan fingerprint density at radius 2 is 1.78 bits per heavy atom. The number of halogens is 1. The molecule has 2 aromatic carbocycles. The summed E-state index contributed by atoms with van der Waals surface area (Å²) in [5.41, 5.74) is 2.18. The van der Waals surface area contributed by atoms with Crippen molar-refractivity contribution in [2.24, 2.45) is 0 Å². The molecule has 0 spiro atoms. The minimum atomic E-state index is -0.282. The van der Waals surface area contributed by atoms with Crippen molar-refractivity contribution in [2.75, 3.05) is 12.4 Å². The molecule has 138 valence electrons. The second-order valence-corrected chi connectivity index (χ2v) is 6.19. The second-order valence-electron chi connectivity index (χ2n) is 5.78. The van der Waals surface area contributed by atoms with E-state index in [9.17, 15) is 4.79 Å². The van der Waals surface area contributed by atoms with Crippen LogP contribution in [0.4, 0.5) is 5.82 Å². The predicted molar refractivity (Wildman–Crippen MR) is 105 cm³/mol. The topological polar surface area (TPSA) is 76.1 Å². The number of carbonyl (C=O) groups is 1. The van der Waals surface area contributed by atoms with Gasteiger partial charge in [0.15, 0.2) is 5.69 Å². The van der Waals surface area contributed by atoms with Crippen LogP contribution < -0.4 is 15.4 Å². The van der Waals surface area contributed by atoms with Crippen LogP contribution in [0.2, 0.25) is 5.02 Å². The lowest BCUT2D eigenvalue weighted by Crippen LogP contribution is -2.24. The second kappa shape index (κ2) is 9.00. The highest BCUT2D eigenvalue weighted by Crippen LogP contribution is 2.16. The van der Waals surface area contributed by atoms with E-state index in [0.29, 0.717) is 23.9 Å². The Morgan fingerprint density at radius 3 is 2.44 bits per heavy atom. The third-order valence-corrected chi connectivity index (χ3v) is 4.30. The molecule has 7 heteroatoms.